The van der Waals surface area contributed by atoms with Gasteiger partial charge in [0.2, 0.25) is 47.3 Å². The fourth-order valence-electron chi connectivity index (χ4n) is 9.84. The molecule has 502 valence electrons. The highest BCUT2D eigenvalue weighted by molar-refractivity contribution is 5.99. The number of phenolic OH excluding ortho intramolecular Hbond substituents is 1. The molecular weight excluding hydrogens is 1200 g/mol. The highest BCUT2D eigenvalue weighted by Gasteiger charge is 2.40. The summed E-state index contributed by atoms with van der Waals surface area (Å²) in [6.07, 6.45) is 3.62. The number of aliphatic carboxylic acids is 1. The summed E-state index contributed by atoms with van der Waals surface area (Å²) in [6.45, 7) is 7.18. The maximum atomic E-state index is 14.8. The number of carboxylic acid groups (broad SMARTS) is 1. The Morgan fingerprint density at radius 3 is 1.90 bits per heavy atom. The second-order valence-corrected chi connectivity index (χ2v) is 23.5. The van der Waals surface area contributed by atoms with E-state index in [2.05, 4.69) is 62.6 Å². The number of phenols is 1. The normalized spacial score (nSPS) is 15.6. The van der Waals surface area contributed by atoms with Crippen molar-refractivity contribution >= 4 is 82.0 Å². The number of hydrogen-bond acceptors (Lipinski definition) is 17. The third-order valence-corrected chi connectivity index (χ3v) is 14.5. The van der Waals surface area contributed by atoms with Crippen LogP contribution in [0.15, 0.2) is 72.2 Å². The summed E-state index contributed by atoms with van der Waals surface area (Å²) in [7, 11) is 0. The average molecular weight is 1290 g/mol. The fourth-order valence-corrected chi connectivity index (χ4v) is 9.84. The number of urea groups is 1. The first-order valence-corrected chi connectivity index (χ1v) is 29.9. The third kappa shape index (κ3) is 23.5. The lowest BCUT2D eigenvalue weighted by molar-refractivity contribution is -0.142. The predicted molar refractivity (Wildman–Crippen MR) is 332 cm³/mol. The maximum Gasteiger partial charge on any atom is 0.330 e. The zero-order chi connectivity index (χ0) is 67.8. The molecule has 0 radical (unpaired) electrons. The van der Waals surface area contributed by atoms with Crippen LogP contribution in [0.1, 0.15) is 96.4 Å². The molecule has 33 heteroatoms. The number of hydrogen-bond donors (Lipinski definition) is 18. The van der Waals surface area contributed by atoms with Crippen LogP contribution in [0.5, 0.6) is 5.75 Å². The number of hydrazine groups is 1. The summed E-state index contributed by atoms with van der Waals surface area (Å²) in [5.41, 5.74) is 27.4. The molecule has 2 aromatic heterocycles. The van der Waals surface area contributed by atoms with Crippen molar-refractivity contribution < 1.29 is 72.8 Å². The molecule has 1 aliphatic rings. The quantitative estimate of drug-likeness (QED) is 0.00948. The molecular formula is C59H86N18O15. The first kappa shape index (κ1) is 72.9. The number of ether oxygens (including phenoxy) is 1. The van der Waals surface area contributed by atoms with Gasteiger partial charge in [-0.2, -0.15) is 0 Å². The summed E-state index contributed by atoms with van der Waals surface area (Å²) in [5, 5.41) is 49.0. The second kappa shape index (κ2) is 34.9. The molecule has 1 saturated heterocycles. The minimum atomic E-state index is -1.83. The number of H-pyrrole nitrogens is 2. The minimum Gasteiger partial charge on any atom is -0.508 e. The van der Waals surface area contributed by atoms with Gasteiger partial charge in [0.25, 0.3) is 5.91 Å². The number of guanidine groups is 1. The van der Waals surface area contributed by atoms with E-state index in [1.165, 1.54) is 41.7 Å². The Hall–Kier alpha value is -9.89. The first-order valence-electron chi connectivity index (χ1n) is 29.9. The van der Waals surface area contributed by atoms with E-state index in [4.69, 9.17) is 27.7 Å². The number of aromatic hydroxyl groups is 1. The van der Waals surface area contributed by atoms with Gasteiger partial charge in [-0.25, -0.2) is 15.2 Å². The number of primary amides is 1. The Kier molecular flexibility index (Phi) is 27.6. The highest BCUT2D eigenvalue weighted by Crippen LogP contribution is 2.22. The van der Waals surface area contributed by atoms with Gasteiger partial charge in [0.05, 0.1) is 31.2 Å². The first-order chi connectivity index (χ1) is 43.5. The predicted octanol–water partition coefficient (Wildman–Crippen LogP) is -3.19. The zero-order valence-electron chi connectivity index (χ0n) is 51.9. The van der Waals surface area contributed by atoms with Gasteiger partial charge in [0, 0.05) is 67.8 Å². The molecule has 1 fully saturated rings. The van der Waals surface area contributed by atoms with Crippen molar-refractivity contribution in [3.8, 4) is 5.75 Å². The molecule has 11 amide bonds. The number of likely N-dealkylation sites (tertiary alicyclic amines) is 1. The molecule has 0 saturated carbocycles. The molecule has 5 rings (SSSR count). The molecule has 22 N–H and O–H groups in total. The van der Waals surface area contributed by atoms with Gasteiger partial charge in [0.1, 0.15) is 54.1 Å². The molecule has 9 unspecified atom stereocenters. The van der Waals surface area contributed by atoms with Crippen LogP contribution < -0.4 is 71.0 Å². The smallest absolute Gasteiger partial charge is 0.330 e. The number of carbonyl (C=O) groups excluding carboxylic acids is 10. The summed E-state index contributed by atoms with van der Waals surface area (Å²) in [6, 6.07) is -1.53. The number of aliphatic hydroxyl groups excluding tert-OH is 1. The number of aliphatic imine (C=N–C) groups is 1. The molecule has 1 aliphatic heterocycles. The maximum absolute atomic E-state index is 14.8. The van der Waals surface area contributed by atoms with Gasteiger partial charge in [-0.3, -0.25) is 58.4 Å². The van der Waals surface area contributed by atoms with E-state index in [1.807, 2.05) is 5.43 Å². The van der Waals surface area contributed by atoms with E-state index in [0.717, 1.165) is 0 Å². The summed E-state index contributed by atoms with van der Waals surface area (Å²) in [5.74, 6) is -9.90. The van der Waals surface area contributed by atoms with Crippen molar-refractivity contribution in [1.29, 1.82) is 0 Å². The average Bonchev–Trinajstić information content (AvgIpc) is 1.73. The van der Waals surface area contributed by atoms with Gasteiger partial charge < -0.3 is 95.1 Å². The van der Waals surface area contributed by atoms with Crippen molar-refractivity contribution in [3.05, 3.63) is 84.1 Å². The van der Waals surface area contributed by atoms with Crippen LogP contribution in [0.2, 0.25) is 0 Å². The Labute approximate surface area is 529 Å². The SMILES string of the molecule is CC(C)CC(NC(=O)C(COC(C)(C)C)NC(=O)C(Cc1ccc(O)cc1)NC(=O)C(CO)NC(=O)C(Cc1c[nH]c2ccccc12)NC(=O)C(Cc1cnc[nH]1)NC(=O)C(N)CCC(=O)O)C(=O)NC(CCCN=C(N)N)C(=O)N1CCCC1C(=O)NNC(N)=O. The molecule has 0 aliphatic carbocycles. The summed E-state index contributed by atoms with van der Waals surface area (Å²) in [4.78, 5) is 166. The number of nitrogens with one attached hydrogen (secondary N) is 11. The summed E-state index contributed by atoms with van der Waals surface area (Å²) >= 11 is 0. The highest BCUT2D eigenvalue weighted by atomic mass is 16.5. The van der Waals surface area contributed by atoms with Crippen molar-refractivity contribution in [3.63, 3.8) is 0 Å². The number of nitrogens with zero attached hydrogens (tertiary/aromatic N) is 3. The van der Waals surface area contributed by atoms with Crippen LogP contribution in [-0.4, -0.2) is 193 Å². The zero-order valence-corrected chi connectivity index (χ0v) is 51.9. The molecule has 9 atom stereocenters. The lowest BCUT2D eigenvalue weighted by atomic mass is 10.0. The minimum absolute atomic E-state index is 0.00580. The molecule has 2 aromatic carbocycles. The van der Waals surface area contributed by atoms with E-state index < -0.39 is 145 Å². The van der Waals surface area contributed by atoms with Crippen LogP contribution in [-0.2, 0) is 71.9 Å². The van der Waals surface area contributed by atoms with E-state index in [1.54, 1.807) is 65.1 Å². The molecule has 4 aromatic rings. The number of carbonyl (C=O) groups is 11. The number of para-hydroxylation sites is 1. The van der Waals surface area contributed by atoms with E-state index in [-0.39, 0.29) is 82.1 Å². The molecule has 3 heterocycles. The van der Waals surface area contributed by atoms with Gasteiger partial charge in [0.15, 0.2) is 5.96 Å². The van der Waals surface area contributed by atoms with Gasteiger partial charge in [-0.05, 0) is 94.5 Å². The lowest BCUT2D eigenvalue weighted by Gasteiger charge is -2.31. The van der Waals surface area contributed by atoms with Crippen LogP contribution in [0.4, 0.5) is 4.79 Å². The largest absolute Gasteiger partial charge is 0.508 e. The topological polar surface area (TPSA) is 530 Å². The number of fused-ring (bicyclic) bond motifs is 1. The molecule has 33 nitrogen and oxygen atoms in total. The number of benzene rings is 2. The Morgan fingerprint density at radius 1 is 0.717 bits per heavy atom. The fraction of sp³-hybridized carbons (Fsp3) is 0.508. The Morgan fingerprint density at radius 2 is 1.29 bits per heavy atom. The van der Waals surface area contributed by atoms with E-state index in [0.29, 0.717) is 34.1 Å². The van der Waals surface area contributed by atoms with Crippen LogP contribution in [0.25, 0.3) is 10.9 Å². The standard InChI is InChI=1S/C59H86N18O15/c1-31(2)22-40(49(83)68-39(12-8-20-65-57(61)62)56(90)77-21-9-13-46(77)55(89)75-76-58(63)91)70-54(88)45(29-92-59(3,4)5)74-50(84)41(23-32-14-16-35(79)17-15-32)71-53(87)44(28-78)73-51(85)42(24-33-26-66-38-11-7-6-10-36(33)38)72-52(86)43(25-34-27-64-30-67-34)69-48(82)37(60)18-19-47(80)81/h6-7,10-11,14-17,26-27,30-31,37,39-46,66,78-79H,8-9,12-13,18-25,28-29,60H2,1-5H3,(H,64,67)(H,68,83)(H,69,82)(H,70,88)(H,71,87)(H,72,86)(H,73,85)(H,74,84)(H,75,89)(H,80,81)(H4,61,62,65)(H3,63,76,91). The number of aromatic amines is 2. The monoisotopic (exact) mass is 1290 g/mol. The van der Waals surface area contributed by atoms with Gasteiger partial charge in [-0.1, -0.05) is 44.2 Å². The molecule has 92 heavy (non-hydrogen) atoms. The molecule has 0 spiro atoms. The third-order valence-electron chi connectivity index (χ3n) is 14.5. The number of amides is 11. The van der Waals surface area contributed by atoms with Crippen molar-refractivity contribution in [2.24, 2.45) is 33.8 Å². The number of nitrogens with two attached hydrogens (primary N) is 4. The van der Waals surface area contributed by atoms with Crippen molar-refractivity contribution in [1.82, 2.24) is 67.9 Å². The van der Waals surface area contributed by atoms with Gasteiger partial charge in [-0.15, -0.1) is 0 Å². The van der Waals surface area contributed by atoms with E-state index >= 15 is 0 Å². The summed E-state index contributed by atoms with van der Waals surface area (Å²) < 4.78 is 6.02. The lowest BCUT2D eigenvalue weighted by Crippen LogP contribution is -2.62. The van der Waals surface area contributed by atoms with Crippen molar-refractivity contribution in [2.45, 2.75) is 159 Å². The number of aliphatic hydroxyl groups is 1. The Bertz CT molecular complexity index is 3220. The molecule has 0 bridgehead atoms. The van der Waals surface area contributed by atoms with E-state index in [9.17, 15) is 68.1 Å². The number of rotatable bonds is 34. The number of imidazole rings is 1. The van der Waals surface area contributed by atoms with Crippen LogP contribution in [0, 0.1) is 5.92 Å². The number of aromatic nitrogens is 3. The number of carboxylic acids is 1. The van der Waals surface area contributed by atoms with Gasteiger partial charge >= 0.3 is 12.0 Å². The van der Waals surface area contributed by atoms with Crippen LogP contribution in [0.3, 0.4) is 0 Å². The second-order valence-electron chi connectivity index (χ2n) is 23.5. The van der Waals surface area contributed by atoms with Crippen molar-refractivity contribution in [2.75, 3.05) is 26.3 Å². The van der Waals surface area contributed by atoms with Crippen LogP contribution >= 0.6 is 0 Å². The Balaban J connectivity index is 1.42.